The third-order valence-electron chi connectivity index (χ3n) is 4.83. The highest BCUT2D eigenvalue weighted by Gasteiger charge is 2.54. The van der Waals surface area contributed by atoms with Crippen molar-refractivity contribution in [1.29, 1.82) is 0 Å². The number of rotatable bonds is 7. The van der Waals surface area contributed by atoms with Gasteiger partial charge >= 0.3 is 0 Å². The first-order chi connectivity index (χ1) is 14.7. The Hall–Kier alpha value is -2.87. The van der Waals surface area contributed by atoms with Gasteiger partial charge in [0.25, 0.3) is 15.9 Å². The van der Waals surface area contributed by atoms with Gasteiger partial charge in [-0.3, -0.25) is 9.79 Å². The van der Waals surface area contributed by atoms with E-state index in [9.17, 15) is 13.2 Å². The molecule has 2 aromatic rings. The number of methoxy groups -OCH3 is 1. The van der Waals surface area contributed by atoms with Gasteiger partial charge in [-0.05, 0) is 38.5 Å². The molecule has 166 valence electrons. The second kappa shape index (κ2) is 9.09. The highest BCUT2D eigenvalue weighted by molar-refractivity contribution is 7.91. The van der Waals surface area contributed by atoms with Gasteiger partial charge < -0.3 is 9.47 Å². The van der Waals surface area contributed by atoms with Crippen LogP contribution in [0.25, 0.3) is 0 Å². The molecule has 3 rings (SSSR count). The zero-order valence-corrected chi connectivity index (χ0v) is 19.1. The molecule has 0 aliphatic carbocycles. The van der Waals surface area contributed by atoms with Crippen molar-refractivity contribution in [3.8, 4) is 11.5 Å². The molecule has 1 fully saturated rings. The summed E-state index contributed by atoms with van der Waals surface area (Å²) in [6.45, 7) is 5.74. The van der Waals surface area contributed by atoms with Crippen molar-refractivity contribution >= 4 is 21.6 Å². The lowest BCUT2D eigenvalue weighted by Gasteiger charge is -2.30. The maximum atomic E-state index is 13.3. The lowest BCUT2D eigenvalue weighted by molar-refractivity contribution is -0.122. The fourth-order valence-electron chi connectivity index (χ4n) is 3.56. The number of benzene rings is 2. The topological polar surface area (TPSA) is 85.3 Å². The highest BCUT2D eigenvalue weighted by atomic mass is 32.2. The summed E-state index contributed by atoms with van der Waals surface area (Å²) < 4.78 is 38.5. The van der Waals surface area contributed by atoms with E-state index in [4.69, 9.17) is 9.47 Å². The Labute approximate surface area is 183 Å². The molecule has 1 atom stereocenters. The molecule has 0 N–H and O–H groups in total. The average molecular weight is 445 g/mol. The number of hydrogen-bond acceptors (Lipinski definition) is 6. The minimum absolute atomic E-state index is 0.0541. The number of carbonyl (C=O) groups is 1. The number of ether oxygens (including phenoxy) is 2. The molecular weight excluding hydrogens is 416 g/mol. The quantitative estimate of drug-likeness (QED) is 0.609. The smallest absolute Gasteiger partial charge is 0.283 e. The number of nitrogens with zero attached hydrogens (tertiary/aromatic N) is 2. The van der Waals surface area contributed by atoms with Gasteiger partial charge in [-0.2, -0.15) is 0 Å². The molecule has 1 heterocycles. The molecule has 1 aliphatic rings. The number of sulfonamides is 1. The van der Waals surface area contributed by atoms with E-state index in [-0.39, 0.29) is 12.3 Å². The zero-order valence-electron chi connectivity index (χ0n) is 18.2. The largest absolute Gasteiger partial charge is 0.493 e. The van der Waals surface area contributed by atoms with Crippen LogP contribution in [0.3, 0.4) is 0 Å². The predicted molar refractivity (Wildman–Crippen MR) is 120 cm³/mol. The summed E-state index contributed by atoms with van der Waals surface area (Å²) in [5, 5.41) is -1.10. The van der Waals surface area contributed by atoms with Crippen LogP contribution in [0.2, 0.25) is 0 Å². The molecule has 0 bridgehead atoms. The molecule has 1 unspecified atom stereocenters. The van der Waals surface area contributed by atoms with Crippen LogP contribution in [0.4, 0.5) is 0 Å². The van der Waals surface area contributed by atoms with Crippen LogP contribution in [-0.4, -0.2) is 50.1 Å². The van der Waals surface area contributed by atoms with E-state index in [0.29, 0.717) is 30.1 Å². The SMILES string of the molecule is COc1ccccc1OCCCN=C1C(=O)N(C(C)(C)C)S(=O)(=O)C1c1ccccc1. The van der Waals surface area contributed by atoms with Crippen molar-refractivity contribution in [2.45, 2.75) is 38.0 Å². The van der Waals surface area contributed by atoms with E-state index < -0.39 is 26.7 Å². The van der Waals surface area contributed by atoms with Gasteiger partial charge in [0.15, 0.2) is 16.7 Å². The summed E-state index contributed by atoms with van der Waals surface area (Å²) in [4.78, 5) is 17.5. The Bertz CT molecular complexity index is 1060. The second-order valence-electron chi connectivity index (χ2n) is 8.20. The van der Waals surface area contributed by atoms with Crippen LogP contribution < -0.4 is 9.47 Å². The van der Waals surface area contributed by atoms with Crippen molar-refractivity contribution in [3.63, 3.8) is 0 Å². The number of carbonyl (C=O) groups excluding carboxylic acids is 1. The Morgan fingerprint density at radius 2 is 1.61 bits per heavy atom. The molecule has 1 aliphatic heterocycles. The van der Waals surface area contributed by atoms with Gasteiger partial charge in [0.1, 0.15) is 5.71 Å². The maximum Gasteiger partial charge on any atom is 0.283 e. The highest BCUT2D eigenvalue weighted by Crippen LogP contribution is 2.38. The van der Waals surface area contributed by atoms with E-state index >= 15 is 0 Å². The number of hydrogen-bond donors (Lipinski definition) is 0. The molecule has 0 saturated carbocycles. The minimum Gasteiger partial charge on any atom is -0.493 e. The van der Waals surface area contributed by atoms with Crippen LogP contribution >= 0.6 is 0 Å². The van der Waals surface area contributed by atoms with E-state index in [2.05, 4.69) is 4.99 Å². The second-order valence-corrected chi connectivity index (χ2v) is 10.1. The Morgan fingerprint density at radius 1 is 1.00 bits per heavy atom. The summed E-state index contributed by atoms with van der Waals surface area (Å²) in [7, 11) is -2.35. The molecule has 0 spiro atoms. The molecule has 0 radical (unpaired) electrons. The maximum absolute atomic E-state index is 13.3. The number of amides is 1. The fraction of sp³-hybridized carbons (Fsp3) is 0.391. The first kappa shape index (κ1) is 22.8. The molecule has 2 aromatic carbocycles. The van der Waals surface area contributed by atoms with Crippen LogP contribution in [0, 0.1) is 0 Å². The molecule has 0 aromatic heterocycles. The normalized spacial score (nSPS) is 19.6. The van der Waals surface area contributed by atoms with E-state index in [1.54, 1.807) is 58.2 Å². The third-order valence-corrected chi connectivity index (χ3v) is 7.14. The minimum atomic E-state index is -3.93. The summed E-state index contributed by atoms with van der Waals surface area (Å²) in [5.41, 5.74) is -0.294. The standard InChI is InChI=1S/C23H28N2O5S/c1-23(2,3)25-22(26)20(21(31(25,27)28)17-11-6-5-7-12-17)24-15-10-16-30-19-14-9-8-13-18(19)29-4/h5-9,11-14,21H,10,15-16H2,1-4H3. The van der Waals surface area contributed by atoms with Gasteiger partial charge in [0, 0.05) is 13.0 Å². The summed E-state index contributed by atoms with van der Waals surface area (Å²) in [6, 6.07) is 16.1. The Balaban J connectivity index is 1.80. The first-order valence-electron chi connectivity index (χ1n) is 10.1. The van der Waals surface area contributed by atoms with Crippen molar-refractivity contribution in [2.75, 3.05) is 20.3 Å². The van der Waals surface area contributed by atoms with Crippen molar-refractivity contribution < 1.29 is 22.7 Å². The Morgan fingerprint density at radius 3 is 2.23 bits per heavy atom. The van der Waals surface area contributed by atoms with Crippen LogP contribution in [0.15, 0.2) is 59.6 Å². The average Bonchev–Trinajstić information content (AvgIpc) is 2.93. The fourth-order valence-corrected chi connectivity index (χ4v) is 5.81. The van der Waals surface area contributed by atoms with Crippen molar-refractivity contribution in [3.05, 3.63) is 60.2 Å². The van der Waals surface area contributed by atoms with Crippen molar-refractivity contribution in [1.82, 2.24) is 4.31 Å². The van der Waals surface area contributed by atoms with Gasteiger partial charge in [-0.15, -0.1) is 0 Å². The lowest BCUT2D eigenvalue weighted by atomic mass is 10.1. The summed E-state index contributed by atoms with van der Waals surface area (Å²) in [6.07, 6.45) is 0.520. The molecule has 1 amide bonds. The van der Waals surface area contributed by atoms with Gasteiger partial charge in [0.05, 0.1) is 19.3 Å². The molecule has 1 saturated heterocycles. The monoisotopic (exact) mass is 444 g/mol. The van der Waals surface area contributed by atoms with Crippen LogP contribution in [0.5, 0.6) is 11.5 Å². The van der Waals surface area contributed by atoms with Gasteiger partial charge in [0.2, 0.25) is 0 Å². The number of aliphatic imine (C=N–C) groups is 1. The predicted octanol–water partition coefficient (Wildman–Crippen LogP) is 3.62. The van der Waals surface area contributed by atoms with Gasteiger partial charge in [-0.1, -0.05) is 42.5 Å². The third kappa shape index (κ3) is 4.74. The molecular formula is C23H28N2O5S. The van der Waals surface area contributed by atoms with Crippen LogP contribution in [-0.2, 0) is 14.8 Å². The first-order valence-corrected chi connectivity index (χ1v) is 11.6. The lowest BCUT2D eigenvalue weighted by Crippen LogP contribution is -2.45. The van der Waals surface area contributed by atoms with Gasteiger partial charge in [-0.25, -0.2) is 12.7 Å². The van der Waals surface area contributed by atoms with E-state index in [1.165, 1.54) is 0 Å². The summed E-state index contributed by atoms with van der Waals surface area (Å²) in [5.74, 6) is 0.695. The van der Waals surface area contributed by atoms with Crippen LogP contribution in [0.1, 0.15) is 38.0 Å². The molecule has 31 heavy (non-hydrogen) atoms. The molecule has 7 nitrogen and oxygen atoms in total. The zero-order chi connectivity index (χ0) is 22.6. The van der Waals surface area contributed by atoms with E-state index in [0.717, 1.165) is 4.31 Å². The van der Waals surface area contributed by atoms with E-state index in [1.807, 2.05) is 24.3 Å². The summed E-state index contributed by atoms with van der Waals surface area (Å²) >= 11 is 0. The molecule has 8 heteroatoms. The van der Waals surface area contributed by atoms with Crippen molar-refractivity contribution in [2.24, 2.45) is 4.99 Å². The number of para-hydroxylation sites is 2. The Kier molecular flexibility index (Phi) is 6.69.